The van der Waals surface area contributed by atoms with Crippen LogP contribution < -0.4 is 0 Å². The van der Waals surface area contributed by atoms with Crippen LogP contribution in [0.5, 0.6) is 0 Å². The highest BCUT2D eigenvalue weighted by molar-refractivity contribution is 5.92. The summed E-state index contributed by atoms with van der Waals surface area (Å²) < 4.78 is 0. The van der Waals surface area contributed by atoms with Crippen molar-refractivity contribution < 1.29 is 14.4 Å². The van der Waals surface area contributed by atoms with Gasteiger partial charge >= 0.3 is 0 Å². The van der Waals surface area contributed by atoms with Gasteiger partial charge in [-0.15, -0.1) is 0 Å². The van der Waals surface area contributed by atoms with E-state index in [4.69, 9.17) is 0 Å². The zero-order chi connectivity index (χ0) is 16.4. The second-order valence-electron chi connectivity index (χ2n) is 7.02. The normalized spacial score (nSPS) is 28.3. The van der Waals surface area contributed by atoms with Gasteiger partial charge in [0.2, 0.25) is 17.7 Å². The van der Waals surface area contributed by atoms with Gasteiger partial charge in [-0.1, -0.05) is 12.8 Å². The Hall–Kier alpha value is -1.59. The lowest BCUT2D eigenvalue weighted by Gasteiger charge is -2.34. The van der Waals surface area contributed by atoms with E-state index in [0.717, 1.165) is 25.9 Å². The zero-order valence-corrected chi connectivity index (χ0v) is 14.0. The molecule has 6 nitrogen and oxygen atoms in total. The van der Waals surface area contributed by atoms with E-state index >= 15 is 0 Å². The van der Waals surface area contributed by atoms with Gasteiger partial charge in [-0.25, -0.2) is 0 Å². The Morgan fingerprint density at radius 3 is 1.57 bits per heavy atom. The van der Waals surface area contributed by atoms with Crippen LogP contribution in [0.2, 0.25) is 0 Å². The van der Waals surface area contributed by atoms with E-state index < -0.39 is 0 Å². The molecule has 3 fully saturated rings. The average molecular weight is 321 g/mol. The summed E-state index contributed by atoms with van der Waals surface area (Å²) in [6.45, 7) is 5.69. The Morgan fingerprint density at radius 2 is 1.09 bits per heavy atom. The molecule has 0 aromatic heterocycles. The fourth-order valence-electron chi connectivity index (χ4n) is 3.74. The first-order chi connectivity index (χ1) is 11.1. The first-order valence-corrected chi connectivity index (χ1v) is 8.91. The molecule has 2 aliphatic heterocycles. The Bertz CT molecular complexity index is 477. The molecular formula is C17H27N3O3. The van der Waals surface area contributed by atoms with Gasteiger partial charge in [0.15, 0.2) is 0 Å². The van der Waals surface area contributed by atoms with Crippen molar-refractivity contribution in [1.82, 2.24) is 14.7 Å². The molecule has 0 aromatic carbocycles. The van der Waals surface area contributed by atoms with E-state index in [1.54, 1.807) is 11.8 Å². The van der Waals surface area contributed by atoms with Gasteiger partial charge in [-0.2, -0.15) is 0 Å². The molecule has 2 saturated heterocycles. The molecule has 1 saturated carbocycles. The van der Waals surface area contributed by atoms with Crippen LogP contribution >= 0.6 is 0 Å². The van der Waals surface area contributed by atoms with E-state index in [-0.39, 0.29) is 29.6 Å². The number of likely N-dealkylation sites (tertiary alicyclic amines) is 1. The molecule has 3 amide bonds. The van der Waals surface area contributed by atoms with Gasteiger partial charge in [0.05, 0.1) is 11.8 Å². The van der Waals surface area contributed by atoms with E-state index in [2.05, 4.69) is 0 Å². The number of rotatable bonds is 2. The van der Waals surface area contributed by atoms with Crippen LogP contribution in [-0.4, -0.2) is 71.7 Å². The van der Waals surface area contributed by atoms with Crippen molar-refractivity contribution >= 4 is 17.7 Å². The minimum atomic E-state index is -0.116. The molecule has 23 heavy (non-hydrogen) atoms. The number of amides is 3. The molecule has 128 valence electrons. The Kier molecular flexibility index (Phi) is 4.87. The quantitative estimate of drug-likeness (QED) is 0.753. The smallest absolute Gasteiger partial charge is 0.226 e. The minimum Gasteiger partial charge on any atom is -0.342 e. The molecule has 2 atom stereocenters. The molecule has 0 bridgehead atoms. The molecule has 3 aliphatic rings. The van der Waals surface area contributed by atoms with Crippen molar-refractivity contribution in [3.05, 3.63) is 0 Å². The first kappa shape index (κ1) is 16.3. The maximum absolute atomic E-state index is 12.6. The van der Waals surface area contributed by atoms with Crippen LogP contribution in [0, 0.1) is 11.8 Å². The summed E-state index contributed by atoms with van der Waals surface area (Å²) in [7, 11) is 0. The van der Waals surface area contributed by atoms with Crippen molar-refractivity contribution in [2.75, 3.05) is 39.3 Å². The summed E-state index contributed by atoms with van der Waals surface area (Å²) in [6, 6.07) is 0. The van der Waals surface area contributed by atoms with Gasteiger partial charge in [0.1, 0.15) is 0 Å². The molecule has 0 aromatic rings. The Balaban J connectivity index is 1.49. The maximum atomic E-state index is 12.6. The monoisotopic (exact) mass is 321 g/mol. The number of carbonyl (C=O) groups is 3. The number of carbonyl (C=O) groups excluding carboxylic acids is 3. The van der Waals surface area contributed by atoms with Crippen molar-refractivity contribution in [2.24, 2.45) is 11.8 Å². The predicted molar refractivity (Wildman–Crippen MR) is 85.5 cm³/mol. The van der Waals surface area contributed by atoms with Gasteiger partial charge in [0.25, 0.3) is 0 Å². The number of nitrogens with zero attached hydrogens (tertiary/aromatic N) is 3. The van der Waals surface area contributed by atoms with E-state index in [1.807, 2.05) is 9.80 Å². The van der Waals surface area contributed by atoms with Crippen LogP contribution in [0.4, 0.5) is 0 Å². The van der Waals surface area contributed by atoms with Crippen molar-refractivity contribution in [2.45, 2.75) is 39.0 Å². The van der Waals surface area contributed by atoms with Crippen LogP contribution in [0.25, 0.3) is 0 Å². The Morgan fingerprint density at radius 1 is 0.652 bits per heavy atom. The Labute approximate surface area is 137 Å². The lowest BCUT2D eigenvalue weighted by molar-refractivity contribution is -0.141. The van der Waals surface area contributed by atoms with Crippen molar-refractivity contribution in [1.29, 1.82) is 0 Å². The third-order valence-corrected chi connectivity index (χ3v) is 5.38. The largest absolute Gasteiger partial charge is 0.342 e. The van der Waals surface area contributed by atoms with Crippen LogP contribution in [-0.2, 0) is 14.4 Å². The summed E-state index contributed by atoms with van der Waals surface area (Å²) in [4.78, 5) is 42.0. The topological polar surface area (TPSA) is 60.9 Å². The molecule has 0 spiro atoms. The highest BCUT2D eigenvalue weighted by atomic mass is 16.2. The maximum Gasteiger partial charge on any atom is 0.226 e. The highest BCUT2D eigenvalue weighted by Crippen LogP contribution is 2.41. The summed E-state index contributed by atoms with van der Waals surface area (Å²) in [6.07, 6.45) is 5.30. The molecule has 3 rings (SSSR count). The fraction of sp³-hybridized carbons (Fsp3) is 0.824. The average Bonchev–Trinajstić information content (AvgIpc) is 3.37. The predicted octanol–water partition coefficient (Wildman–Crippen LogP) is 0.716. The summed E-state index contributed by atoms with van der Waals surface area (Å²) in [5, 5.41) is 0. The summed E-state index contributed by atoms with van der Waals surface area (Å²) >= 11 is 0. The van der Waals surface area contributed by atoms with E-state index in [9.17, 15) is 14.4 Å². The SMILES string of the molecule is CC(=O)N1CCN(C(=O)C2CC2C(=O)N2CCCCCC2)CC1. The van der Waals surface area contributed by atoms with Gasteiger partial charge in [-0.3, -0.25) is 14.4 Å². The van der Waals surface area contributed by atoms with Gasteiger partial charge in [0, 0.05) is 46.2 Å². The molecule has 0 N–H and O–H groups in total. The van der Waals surface area contributed by atoms with Crippen LogP contribution in [0.15, 0.2) is 0 Å². The second kappa shape index (κ2) is 6.89. The molecule has 1 aliphatic carbocycles. The summed E-state index contributed by atoms with van der Waals surface area (Å²) in [5.41, 5.74) is 0. The third-order valence-electron chi connectivity index (χ3n) is 5.38. The van der Waals surface area contributed by atoms with Gasteiger partial charge < -0.3 is 14.7 Å². The first-order valence-electron chi connectivity index (χ1n) is 8.91. The number of hydrogen-bond acceptors (Lipinski definition) is 3. The van der Waals surface area contributed by atoms with Crippen molar-refractivity contribution in [3.63, 3.8) is 0 Å². The van der Waals surface area contributed by atoms with Crippen LogP contribution in [0.1, 0.15) is 39.0 Å². The van der Waals surface area contributed by atoms with Crippen molar-refractivity contribution in [3.8, 4) is 0 Å². The fourth-order valence-corrected chi connectivity index (χ4v) is 3.74. The second-order valence-corrected chi connectivity index (χ2v) is 7.02. The van der Waals surface area contributed by atoms with Crippen LogP contribution in [0.3, 0.4) is 0 Å². The number of piperazine rings is 1. The molecule has 2 heterocycles. The zero-order valence-electron chi connectivity index (χ0n) is 14.0. The van der Waals surface area contributed by atoms with Gasteiger partial charge in [-0.05, 0) is 19.3 Å². The highest BCUT2D eigenvalue weighted by Gasteiger charge is 2.51. The summed E-state index contributed by atoms with van der Waals surface area (Å²) in [5.74, 6) is 0.160. The number of hydrogen-bond donors (Lipinski definition) is 0. The lowest BCUT2D eigenvalue weighted by Crippen LogP contribution is -2.50. The molecular weight excluding hydrogens is 294 g/mol. The molecule has 0 radical (unpaired) electrons. The van der Waals surface area contributed by atoms with E-state index in [0.29, 0.717) is 32.6 Å². The standard InChI is InChI=1S/C17H27N3O3/c1-13(21)18-8-10-20(11-9-18)17(23)15-12-14(15)16(22)19-6-4-2-3-5-7-19/h14-15H,2-12H2,1H3. The minimum absolute atomic E-state index is 0.0674. The lowest BCUT2D eigenvalue weighted by atomic mass is 10.2. The molecule has 2 unspecified atom stereocenters. The molecule has 6 heteroatoms. The third kappa shape index (κ3) is 3.67. The van der Waals surface area contributed by atoms with E-state index in [1.165, 1.54) is 12.8 Å².